The van der Waals surface area contributed by atoms with Gasteiger partial charge in [-0.3, -0.25) is 0 Å². The van der Waals surface area contributed by atoms with Gasteiger partial charge in [0.2, 0.25) is 6.10 Å². The van der Waals surface area contributed by atoms with E-state index in [1.54, 1.807) is 13.8 Å². The molecule has 0 rings (SSSR count). The number of rotatable bonds is 1. The minimum absolute atomic E-state index is 0. The molecule has 0 aliphatic carbocycles. The summed E-state index contributed by atoms with van der Waals surface area (Å²) in [6.07, 6.45) is -14.7. The molecule has 0 saturated carbocycles. The molecule has 0 fully saturated rings. The third kappa shape index (κ3) is 27.1. The monoisotopic (exact) mass is 393 g/mol. The van der Waals surface area contributed by atoms with E-state index in [0.29, 0.717) is 0 Å². The van der Waals surface area contributed by atoms with Crippen molar-refractivity contribution in [2.24, 2.45) is 3.79 Å². The van der Waals surface area contributed by atoms with Gasteiger partial charge in [-0.25, -0.2) is 0 Å². The first-order valence-corrected chi connectivity index (χ1v) is 6.80. The fourth-order valence-electron chi connectivity index (χ4n) is 0.186. The zero-order chi connectivity index (χ0) is 19.0. The van der Waals surface area contributed by atoms with Crippen LogP contribution in [0.1, 0.15) is 48.0 Å². The van der Waals surface area contributed by atoms with E-state index < -0.39 is 24.1 Å². The quantitative estimate of drug-likeness (QED) is 0.505. The molecule has 0 heterocycles. The summed E-state index contributed by atoms with van der Waals surface area (Å²) in [6, 6.07) is 0. The first-order chi connectivity index (χ1) is 9.28. The summed E-state index contributed by atoms with van der Waals surface area (Å²) in [4.78, 5) is 0. The molecule has 0 aromatic rings. The van der Waals surface area contributed by atoms with E-state index in [9.17, 15) is 26.3 Å². The Kier molecular flexibility index (Phi) is 15.3. The minimum Gasteiger partial charge on any atom is -0.390 e. The Hall–Kier alpha value is -0.116. The number of aliphatic hydroxyl groups is 2. The Morgan fingerprint density at radius 1 is 0.913 bits per heavy atom. The van der Waals surface area contributed by atoms with Crippen LogP contribution in [0.15, 0.2) is 3.79 Å². The first-order valence-electron chi connectivity index (χ1n) is 6.18. The minimum atomic E-state index is -5.63. The van der Waals surface area contributed by atoms with Crippen molar-refractivity contribution < 1.29 is 53.8 Å². The van der Waals surface area contributed by atoms with Gasteiger partial charge in [0, 0.05) is 0 Å². The molecule has 0 aromatic heterocycles. The molecule has 2 N–H and O–H groups in total. The van der Waals surface area contributed by atoms with Crippen LogP contribution < -0.4 is 0 Å². The van der Waals surface area contributed by atoms with Gasteiger partial charge in [0.05, 0.1) is 5.60 Å². The molecule has 0 atom stereocenters. The average molecular weight is 393 g/mol. The van der Waals surface area contributed by atoms with Crippen molar-refractivity contribution in [1.29, 1.82) is 0 Å². The maximum absolute atomic E-state index is 11.0. The summed E-state index contributed by atoms with van der Waals surface area (Å²) in [5, 5.41) is 16.3. The Morgan fingerprint density at radius 2 is 1.09 bits per heavy atom. The Morgan fingerprint density at radius 3 is 1.09 bits per heavy atom. The molecule has 0 radical (unpaired) electrons. The van der Waals surface area contributed by atoms with Crippen LogP contribution in [0.5, 0.6) is 0 Å². The molecule has 23 heavy (non-hydrogen) atoms. The normalized spacial score (nSPS) is 12.3. The topological polar surface area (TPSA) is 52.8 Å². The number of nitrogens with zero attached hydrogens (tertiary/aromatic N) is 1. The molecule has 0 spiro atoms. The van der Waals surface area contributed by atoms with Crippen molar-refractivity contribution in [2.75, 3.05) is 0 Å². The third-order valence-corrected chi connectivity index (χ3v) is 2.72. The number of alkyl halides is 6. The van der Waals surface area contributed by atoms with Crippen LogP contribution >= 0.6 is 0 Å². The van der Waals surface area contributed by atoms with E-state index in [0.717, 1.165) is 6.42 Å². The molecule has 0 aliphatic heterocycles. The van der Waals surface area contributed by atoms with E-state index in [4.69, 9.17) is 10.2 Å². The van der Waals surface area contributed by atoms with Gasteiger partial charge < -0.3 is 17.6 Å². The van der Waals surface area contributed by atoms with Gasteiger partial charge in [-0.05, 0) is 20.3 Å². The predicted molar refractivity (Wildman–Crippen MR) is 73.3 cm³/mol. The molecule has 3 nitrogen and oxygen atoms in total. The van der Waals surface area contributed by atoms with Crippen LogP contribution in [0.2, 0.25) is 0 Å². The maximum atomic E-state index is 11.0. The molecule has 0 aliphatic rings. The number of halogens is 6. The number of hydrogen-bond donors (Lipinski definition) is 2. The van der Waals surface area contributed by atoms with Crippen LogP contribution in [0, 0.1) is 7.43 Å². The van der Waals surface area contributed by atoms with E-state index in [-0.39, 0.29) is 13.0 Å². The molecular weight excluding hydrogens is 367 g/mol. The van der Waals surface area contributed by atoms with Crippen molar-refractivity contribution in [3.05, 3.63) is 7.43 Å². The van der Waals surface area contributed by atoms with E-state index >= 15 is 0 Å². The molecule has 143 valence electrons. The van der Waals surface area contributed by atoms with Crippen molar-refractivity contribution >= 4 is 0 Å². The summed E-state index contributed by atoms with van der Waals surface area (Å²) in [5.74, 6) is 0. The molecule has 0 saturated heterocycles. The summed E-state index contributed by atoms with van der Waals surface area (Å²) in [7, 11) is 0. The zero-order valence-corrected chi connectivity index (χ0v) is 15.7. The van der Waals surface area contributed by atoms with Gasteiger partial charge >= 0.3 is 59.7 Å². The number of hydrogen-bond acceptors (Lipinski definition) is 3. The second-order valence-corrected chi connectivity index (χ2v) is 6.23. The molecule has 0 aromatic carbocycles. The second kappa shape index (κ2) is 11.4. The van der Waals surface area contributed by atoms with E-state index in [1.165, 1.54) is 0 Å². The van der Waals surface area contributed by atoms with Gasteiger partial charge in [0.25, 0.3) is 0 Å². The van der Waals surface area contributed by atoms with Crippen molar-refractivity contribution in [3.8, 4) is 0 Å². The molecule has 0 bridgehead atoms. The zero-order valence-electron chi connectivity index (χ0n) is 14.3. The third-order valence-electron chi connectivity index (χ3n) is 1.79. The van der Waals surface area contributed by atoms with E-state index in [2.05, 4.69) is 41.8 Å². The number of aliphatic hydroxyl groups excluding tert-OH is 1. The van der Waals surface area contributed by atoms with E-state index in [1.807, 2.05) is 6.92 Å². The van der Waals surface area contributed by atoms with Crippen LogP contribution in [0.4, 0.5) is 26.3 Å². The standard InChI is InChI=1S/C5H12O.C4H9N.C3H2F6O.CH3.V/c1-4-5(2,3)6;1-4(2,3)5;4-2(5,6)1(10)3(7,8)9;;/h6H,4H2,1-3H3;1-3H3;1,10H;1H3;/q;;;-1;. The van der Waals surface area contributed by atoms with Crippen molar-refractivity contribution in [1.82, 2.24) is 0 Å². The van der Waals surface area contributed by atoms with Gasteiger partial charge in [0.15, 0.2) is 0 Å². The van der Waals surface area contributed by atoms with Gasteiger partial charge in [-0.15, -0.1) is 0 Å². The van der Waals surface area contributed by atoms with Gasteiger partial charge in [0.1, 0.15) is 0 Å². The summed E-state index contributed by atoms with van der Waals surface area (Å²) < 4.78 is 69.8. The van der Waals surface area contributed by atoms with Crippen LogP contribution in [0.25, 0.3) is 0 Å². The summed E-state index contributed by atoms with van der Waals surface area (Å²) in [6.45, 7) is 11.7. The Bertz CT molecular complexity index is 292. The molecule has 0 amide bonds. The fourth-order valence-corrected chi connectivity index (χ4v) is 0.186. The van der Waals surface area contributed by atoms with Crippen molar-refractivity contribution in [3.63, 3.8) is 0 Å². The Balaban J connectivity index is -0.000000122. The van der Waals surface area contributed by atoms with Gasteiger partial charge in [-0.2, -0.15) is 26.3 Å². The largest absolute Gasteiger partial charge is 0.423 e. The van der Waals surface area contributed by atoms with Crippen LogP contribution in [0.3, 0.4) is 0 Å². The molecule has 10 heteroatoms. The fraction of sp³-hybridized carbons (Fsp3) is 0.923. The summed E-state index contributed by atoms with van der Waals surface area (Å²) in [5.41, 5.74) is -0.319. The van der Waals surface area contributed by atoms with Gasteiger partial charge in [-0.1, -0.05) is 6.92 Å². The van der Waals surface area contributed by atoms with Crippen molar-refractivity contribution in [2.45, 2.75) is 77.6 Å². The maximum Gasteiger partial charge on any atom is 0.423 e. The predicted octanol–water partition coefficient (Wildman–Crippen LogP) is 4.60. The second-order valence-electron chi connectivity index (χ2n) is 5.92. The molecular formula is C13H26F6NO2V-. The van der Waals surface area contributed by atoms with Crippen LogP contribution in [-0.2, 0) is 17.2 Å². The smallest absolute Gasteiger partial charge is 0.390 e. The average Bonchev–Trinajstić information content (AvgIpc) is 2.25. The first kappa shape index (κ1) is 30.7. The molecule has 0 unspecified atom stereocenters. The summed E-state index contributed by atoms with van der Waals surface area (Å²) >= 11 is 2.22. The van der Waals surface area contributed by atoms with Crippen LogP contribution in [-0.4, -0.2) is 39.8 Å². The SMILES string of the molecule is CC(C)(C)[N]=[V].CCC(C)(C)O.OC(C(F)(F)F)C(F)(F)F.[CH3-]. The Labute approximate surface area is 143 Å².